The zero-order valence-electron chi connectivity index (χ0n) is 11.0. The van der Waals surface area contributed by atoms with Gasteiger partial charge in [-0.05, 0) is 25.0 Å². The molecule has 96 valence electrons. The number of hydrazone groups is 1. The molecule has 18 heavy (non-hydrogen) atoms. The van der Waals surface area contributed by atoms with Gasteiger partial charge >= 0.3 is 0 Å². The fourth-order valence-electron chi connectivity index (χ4n) is 2.02. The van der Waals surface area contributed by atoms with Crippen molar-refractivity contribution in [3.63, 3.8) is 0 Å². The molecule has 1 aromatic carbocycles. The Hall–Kier alpha value is -1.84. The Morgan fingerprint density at radius 3 is 2.56 bits per heavy atom. The molecule has 0 bridgehead atoms. The maximum Gasteiger partial charge on any atom is 0.150 e. The molecule has 0 atom stereocenters. The van der Waals surface area contributed by atoms with Gasteiger partial charge in [0.05, 0.1) is 6.21 Å². The van der Waals surface area contributed by atoms with Crippen LogP contribution in [0.5, 0.6) is 0 Å². The summed E-state index contributed by atoms with van der Waals surface area (Å²) in [7, 11) is 3.92. The number of benzene rings is 1. The zero-order valence-corrected chi connectivity index (χ0v) is 11.0. The normalized spacial score (nSPS) is 15.3. The summed E-state index contributed by atoms with van der Waals surface area (Å²) in [5.41, 5.74) is 2.59. The van der Waals surface area contributed by atoms with Crippen LogP contribution < -0.4 is 4.90 Å². The molecule has 2 rings (SSSR count). The lowest BCUT2D eigenvalue weighted by Gasteiger charge is -2.14. The monoisotopic (exact) mass is 245 g/mol. The van der Waals surface area contributed by atoms with Crippen LogP contribution in [0.15, 0.2) is 23.3 Å². The fraction of sp³-hybridized carbons (Fsp3) is 0.429. The highest BCUT2D eigenvalue weighted by Gasteiger charge is 2.08. The number of carbonyl (C=O) groups excluding carboxylic acids is 1. The zero-order chi connectivity index (χ0) is 13.0. The van der Waals surface area contributed by atoms with Crippen molar-refractivity contribution >= 4 is 18.2 Å². The minimum absolute atomic E-state index is 0.684. The number of hydrogen-bond donors (Lipinski definition) is 0. The van der Waals surface area contributed by atoms with Crippen molar-refractivity contribution in [2.24, 2.45) is 5.10 Å². The molecule has 0 aliphatic carbocycles. The standard InChI is InChI=1S/C14H19N3O/c1-16(2)14-6-5-12(13(9-14)11-18)10-15-17-7-3-4-8-17/h5-6,9-11H,3-4,7-8H2,1-2H3. The van der Waals surface area contributed by atoms with Crippen LogP contribution in [0.1, 0.15) is 28.8 Å². The fourth-order valence-corrected chi connectivity index (χ4v) is 2.02. The summed E-state index contributed by atoms with van der Waals surface area (Å²) in [6.07, 6.45) is 5.09. The lowest BCUT2D eigenvalue weighted by molar-refractivity contribution is 0.112. The van der Waals surface area contributed by atoms with Crippen molar-refractivity contribution in [3.05, 3.63) is 29.3 Å². The minimum Gasteiger partial charge on any atom is -0.378 e. The molecule has 1 fully saturated rings. The largest absolute Gasteiger partial charge is 0.378 e. The number of nitrogens with zero attached hydrogens (tertiary/aromatic N) is 3. The topological polar surface area (TPSA) is 35.9 Å². The molecule has 0 radical (unpaired) electrons. The average Bonchev–Trinajstić information content (AvgIpc) is 2.89. The number of carbonyl (C=O) groups is 1. The highest BCUT2D eigenvalue weighted by atomic mass is 16.1. The molecule has 4 nitrogen and oxygen atoms in total. The predicted molar refractivity (Wildman–Crippen MR) is 74.6 cm³/mol. The summed E-state index contributed by atoms with van der Waals surface area (Å²) in [6, 6.07) is 5.83. The number of hydrogen-bond acceptors (Lipinski definition) is 4. The summed E-state index contributed by atoms with van der Waals surface area (Å²) in [4.78, 5) is 13.1. The molecule has 0 N–H and O–H groups in total. The van der Waals surface area contributed by atoms with Gasteiger partial charge < -0.3 is 4.90 Å². The van der Waals surface area contributed by atoms with Crippen LogP contribution in [0, 0.1) is 0 Å². The lowest BCUT2D eigenvalue weighted by Crippen LogP contribution is -2.12. The number of aldehydes is 1. The van der Waals surface area contributed by atoms with Crippen LogP contribution in [-0.2, 0) is 0 Å². The van der Waals surface area contributed by atoms with E-state index >= 15 is 0 Å². The first kappa shape index (κ1) is 12.6. The second-order valence-corrected chi connectivity index (χ2v) is 4.73. The molecule has 0 unspecified atom stereocenters. The van der Waals surface area contributed by atoms with Gasteiger partial charge in [-0.1, -0.05) is 6.07 Å². The molecule has 1 aliphatic rings. The smallest absolute Gasteiger partial charge is 0.150 e. The van der Waals surface area contributed by atoms with Crippen LogP contribution in [0.3, 0.4) is 0 Å². The van der Waals surface area contributed by atoms with E-state index in [1.807, 2.05) is 37.2 Å². The number of anilines is 1. The van der Waals surface area contributed by atoms with Crippen molar-refractivity contribution in [1.29, 1.82) is 0 Å². The SMILES string of the molecule is CN(C)c1ccc(C=NN2CCCC2)c(C=O)c1. The van der Waals surface area contributed by atoms with Crippen molar-refractivity contribution in [2.45, 2.75) is 12.8 Å². The van der Waals surface area contributed by atoms with Gasteiger partial charge in [0, 0.05) is 44.0 Å². The first-order chi connectivity index (χ1) is 8.70. The summed E-state index contributed by atoms with van der Waals surface area (Å²) >= 11 is 0. The Labute approximate surface area is 108 Å². The molecule has 0 saturated carbocycles. The molecular weight excluding hydrogens is 226 g/mol. The Bertz CT molecular complexity index is 448. The van der Waals surface area contributed by atoms with Crippen molar-refractivity contribution in [2.75, 3.05) is 32.1 Å². The quantitative estimate of drug-likeness (QED) is 0.601. The van der Waals surface area contributed by atoms with Gasteiger partial charge in [0.2, 0.25) is 0 Å². The summed E-state index contributed by atoms with van der Waals surface area (Å²) < 4.78 is 0. The summed E-state index contributed by atoms with van der Waals surface area (Å²) in [5.74, 6) is 0. The third-order valence-electron chi connectivity index (χ3n) is 3.16. The molecule has 4 heteroatoms. The summed E-state index contributed by atoms with van der Waals surface area (Å²) in [5, 5.41) is 6.46. The Morgan fingerprint density at radius 2 is 1.94 bits per heavy atom. The molecular formula is C14H19N3O. The minimum atomic E-state index is 0.684. The first-order valence-electron chi connectivity index (χ1n) is 6.26. The van der Waals surface area contributed by atoms with Gasteiger partial charge in [0.25, 0.3) is 0 Å². The van der Waals surface area contributed by atoms with Gasteiger partial charge in [-0.3, -0.25) is 9.80 Å². The molecule has 1 aliphatic heterocycles. The van der Waals surface area contributed by atoms with Crippen LogP contribution in [0.4, 0.5) is 5.69 Å². The van der Waals surface area contributed by atoms with Crippen LogP contribution in [0.2, 0.25) is 0 Å². The third-order valence-corrected chi connectivity index (χ3v) is 3.16. The van der Waals surface area contributed by atoms with Gasteiger partial charge in [-0.15, -0.1) is 0 Å². The van der Waals surface area contributed by atoms with E-state index in [-0.39, 0.29) is 0 Å². The van der Waals surface area contributed by atoms with E-state index in [4.69, 9.17) is 0 Å². The number of rotatable bonds is 4. The third kappa shape index (κ3) is 2.88. The van der Waals surface area contributed by atoms with E-state index in [9.17, 15) is 4.79 Å². The Kier molecular flexibility index (Phi) is 3.97. The van der Waals surface area contributed by atoms with Gasteiger partial charge in [-0.2, -0.15) is 5.10 Å². The lowest BCUT2D eigenvalue weighted by atomic mass is 10.1. The van der Waals surface area contributed by atoms with E-state index in [0.29, 0.717) is 5.56 Å². The van der Waals surface area contributed by atoms with Crippen LogP contribution in [0.25, 0.3) is 0 Å². The molecule has 1 saturated heterocycles. The Balaban J connectivity index is 2.19. The molecule has 1 aromatic rings. The van der Waals surface area contributed by atoms with E-state index in [1.165, 1.54) is 12.8 Å². The van der Waals surface area contributed by atoms with Crippen molar-refractivity contribution < 1.29 is 4.79 Å². The molecule has 0 amide bonds. The van der Waals surface area contributed by atoms with E-state index in [2.05, 4.69) is 10.1 Å². The Morgan fingerprint density at radius 1 is 1.22 bits per heavy atom. The van der Waals surface area contributed by atoms with E-state index < -0.39 is 0 Å². The first-order valence-corrected chi connectivity index (χ1v) is 6.26. The van der Waals surface area contributed by atoms with Crippen molar-refractivity contribution in [1.82, 2.24) is 5.01 Å². The van der Waals surface area contributed by atoms with Crippen molar-refractivity contribution in [3.8, 4) is 0 Å². The van der Waals surface area contributed by atoms with Gasteiger partial charge in [0.1, 0.15) is 0 Å². The van der Waals surface area contributed by atoms with Gasteiger partial charge in [-0.25, -0.2) is 0 Å². The molecule has 0 aromatic heterocycles. The maximum atomic E-state index is 11.1. The highest BCUT2D eigenvalue weighted by molar-refractivity contribution is 5.93. The van der Waals surface area contributed by atoms with Crippen LogP contribution >= 0.6 is 0 Å². The summed E-state index contributed by atoms with van der Waals surface area (Å²) in [6.45, 7) is 2.03. The molecule has 0 spiro atoms. The second-order valence-electron chi connectivity index (χ2n) is 4.73. The van der Waals surface area contributed by atoms with Gasteiger partial charge in [0.15, 0.2) is 6.29 Å². The highest BCUT2D eigenvalue weighted by Crippen LogP contribution is 2.16. The van der Waals surface area contributed by atoms with E-state index in [0.717, 1.165) is 30.6 Å². The molecule has 1 heterocycles. The van der Waals surface area contributed by atoms with E-state index in [1.54, 1.807) is 6.21 Å². The van der Waals surface area contributed by atoms with Crippen LogP contribution in [-0.4, -0.2) is 44.7 Å². The maximum absolute atomic E-state index is 11.1. The average molecular weight is 245 g/mol. The predicted octanol–water partition coefficient (Wildman–Crippen LogP) is 1.99. The second kappa shape index (κ2) is 5.67.